The summed E-state index contributed by atoms with van der Waals surface area (Å²) in [6, 6.07) is 3.65. The number of halogens is 2. The molecule has 13 heavy (non-hydrogen) atoms. The summed E-state index contributed by atoms with van der Waals surface area (Å²) in [7, 11) is 0. The Hall–Kier alpha value is -0.560. The standard InChI is InChI=1S/C11H14ClF/c1-4-10(12)9-5-7(2)11(13)8(3)6-9/h5-6,10H,4H2,1-3H3. The van der Waals surface area contributed by atoms with Gasteiger partial charge in [-0.3, -0.25) is 0 Å². The van der Waals surface area contributed by atoms with Gasteiger partial charge < -0.3 is 0 Å². The van der Waals surface area contributed by atoms with Gasteiger partial charge in [-0.25, -0.2) is 4.39 Å². The van der Waals surface area contributed by atoms with Crippen molar-refractivity contribution in [2.75, 3.05) is 0 Å². The average molecular weight is 201 g/mol. The van der Waals surface area contributed by atoms with Crippen molar-refractivity contribution >= 4 is 11.6 Å². The highest BCUT2D eigenvalue weighted by molar-refractivity contribution is 6.20. The lowest BCUT2D eigenvalue weighted by Crippen LogP contribution is -1.94. The van der Waals surface area contributed by atoms with Crippen molar-refractivity contribution in [2.45, 2.75) is 32.6 Å². The molecule has 0 spiro atoms. The molecule has 0 radical (unpaired) electrons. The molecule has 1 aromatic carbocycles. The van der Waals surface area contributed by atoms with E-state index >= 15 is 0 Å². The normalized spacial score (nSPS) is 13.0. The summed E-state index contributed by atoms with van der Waals surface area (Å²) in [6.07, 6.45) is 0.867. The van der Waals surface area contributed by atoms with Crippen molar-refractivity contribution in [3.8, 4) is 0 Å². The van der Waals surface area contributed by atoms with Gasteiger partial charge in [0.05, 0.1) is 5.38 Å². The molecule has 0 amide bonds. The van der Waals surface area contributed by atoms with Crippen molar-refractivity contribution in [3.63, 3.8) is 0 Å². The smallest absolute Gasteiger partial charge is 0.129 e. The number of hydrogen-bond donors (Lipinski definition) is 0. The fraction of sp³-hybridized carbons (Fsp3) is 0.455. The zero-order valence-corrected chi connectivity index (χ0v) is 8.95. The monoisotopic (exact) mass is 200 g/mol. The van der Waals surface area contributed by atoms with E-state index in [0.717, 1.165) is 12.0 Å². The van der Waals surface area contributed by atoms with E-state index in [9.17, 15) is 4.39 Å². The van der Waals surface area contributed by atoms with Crippen LogP contribution in [-0.4, -0.2) is 0 Å². The highest BCUT2D eigenvalue weighted by Crippen LogP contribution is 2.26. The summed E-state index contributed by atoms with van der Waals surface area (Å²) in [4.78, 5) is 0. The molecule has 0 bridgehead atoms. The zero-order valence-electron chi connectivity index (χ0n) is 8.20. The lowest BCUT2D eigenvalue weighted by molar-refractivity contribution is 0.607. The Balaban J connectivity index is 3.13. The van der Waals surface area contributed by atoms with Gasteiger partial charge in [-0.1, -0.05) is 19.1 Å². The van der Waals surface area contributed by atoms with Crippen LogP contribution in [0.5, 0.6) is 0 Å². The maximum absolute atomic E-state index is 13.2. The van der Waals surface area contributed by atoms with Crippen LogP contribution in [0.4, 0.5) is 4.39 Å². The fourth-order valence-electron chi connectivity index (χ4n) is 1.40. The van der Waals surface area contributed by atoms with Crippen LogP contribution in [0.2, 0.25) is 0 Å². The molecule has 2 heteroatoms. The maximum Gasteiger partial charge on any atom is 0.129 e. The Morgan fingerprint density at radius 1 is 1.31 bits per heavy atom. The van der Waals surface area contributed by atoms with Crippen molar-refractivity contribution in [2.24, 2.45) is 0 Å². The third kappa shape index (κ3) is 2.22. The molecule has 0 nitrogen and oxygen atoms in total. The molecular formula is C11H14ClF. The van der Waals surface area contributed by atoms with Gasteiger partial charge >= 0.3 is 0 Å². The first kappa shape index (κ1) is 10.5. The number of hydrogen-bond acceptors (Lipinski definition) is 0. The predicted molar refractivity (Wildman–Crippen MR) is 54.8 cm³/mol. The van der Waals surface area contributed by atoms with Crippen LogP contribution in [0.25, 0.3) is 0 Å². The van der Waals surface area contributed by atoms with E-state index in [-0.39, 0.29) is 11.2 Å². The van der Waals surface area contributed by atoms with Crippen LogP contribution >= 0.6 is 11.6 Å². The topological polar surface area (TPSA) is 0 Å². The van der Waals surface area contributed by atoms with Gasteiger partial charge in [0, 0.05) is 0 Å². The molecule has 0 fully saturated rings. The Labute approximate surface area is 83.7 Å². The molecule has 0 aliphatic heterocycles. The van der Waals surface area contributed by atoms with E-state index in [1.807, 2.05) is 19.1 Å². The Morgan fingerprint density at radius 2 is 1.77 bits per heavy atom. The summed E-state index contributed by atoms with van der Waals surface area (Å²) >= 11 is 6.06. The number of benzene rings is 1. The molecule has 0 aliphatic carbocycles. The molecule has 0 N–H and O–H groups in total. The maximum atomic E-state index is 13.2. The molecule has 1 aromatic rings. The largest absolute Gasteiger partial charge is 0.206 e. The van der Waals surface area contributed by atoms with E-state index in [0.29, 0.717) is 11.1 Å². The van der Waals surface area contributed by atoms with Gasteiger partial charge in [-0.2, -0.15) is 0 Å². The Morgan fingerprint density at radius 3 is 2.15 bits per heavy atom. The van der Waals surface area contributed by atoms with E-state index in [1.54, 1.807) is 13.8 Å². The van der Waals surface area contributed by atoms with Gasteiger partial charge in [0.15, 0.2) is 0 Å². The second-order valence-corrected chi connectivity index (χ2v) is 3.87. The van der Waals surface area contributed by atoms with Gasteiger partial charge in [0.2, 0.25) is 0 Å². The minimum absolute atomic E-state index is 0.00185. The van der Waals surface area contributed by atoms with Crippen molar-refractivity contribution in [1.29, 1.82) is 0 Å². The van der Waals surface area contributed by atoms with Crippen LogP contribution in [0.15, 0.2) is 12.1 Å². The van der Waals surface area contributed by atoms with E-state index in [4.69, 9.17) is 11.6 Å². The third-order valence-electron chi connectivity index (χ3n) is 2.18. The third-order valence-corrected chi connectivity index (χ3v) is 2.74. The van der Waals surface area contributed by atoms with Crippen molar-refractivity contribution < 1.29 is 4.39 Å². The SMILES string of the molecule is CCC(Cl)c1cc(C)c(F)c(C)c1. The van der Waals surface area contributed by atoms with Crippen LogP contribution in [-0.2, 0) is 0 Å². The first-order valence-electron chi connectivity index (χ1n) is 4.47. The van der Waals surface area contributed by atoms with Gasteiger partial charge in [0.25, 0.3) is 0 Å². The molecule has 0 saturated heterocycles. The molecule has 0 aliphatic rings. The molecule has 1 atom stereocenters. The zero-order chi connectivity index (χ0) is 10.0. The highest BCUT2D eigenvalue weighted by atomic mass is 35.5. The van der Waals surface area contributed by atoms with E-state index in [1.165, 1.54) is 0 Å². The van der Waals surface area contributed by atoms with E-state index in [2.05, 4.69) is 0 Å². The van der Waals surface area contributed by atoms with Gasteiger partial charge in [0.1, 0.15) is 5.82 Å². The molecular weight excluding hydrogens is 187 g/mol. The second-order valence-electron chi connectivity index (χ2n) is 3.34. The van der Waals surface area contributed by atoms with Gasteiger partial charge in [-0.15, -0.1) is 11.6 Å². The first-order valence-corrected chi connectivity index (χ1v) is 4.90. The van der Waals surface area contributed by atoms with E-state index < -0.39 is 0 Å². The summed E-state index contributed by atoms with van der Waals surface area (Å²) in [5.41, 5.74) is 2.36. The van der Waals surface area contributed by atoms with Crippen LogP contribution < -0.4 is 0 Å². The highest BCUT2D eigenvalue weighted by Gasteiger charge is 2.09. The minimum Gasteiger partial charge on any atom is -0.206 e. The molecule has 1 rings (SSSR count). The Kier molecular flexibility index (Phi) is 3.32. The average Bonchev–Trinajstić information content (AvgIpc) is 2.12. The van der Waals surface area contributed by atoms with Crippen molar-refractivity contribution in [3.05, 3.63) is 34.6 Å². The van der Waals surface area contributed by atoms with Gasteiger partial charge in [-0.05, 0) is 37.0 Å². The second kappa shape index (κ2) is 4.10. The summed E-state index contributed by atoms with van der Waals surface area (Å²) < 4.78 is 13.2. The molecule has 0 aromatic heterocycles. The quantitative estimate of drug-likeness (QED) is 0.630. The van der Waals surface area contributed by atoms with Crippen molar-refractivity contribution in [1.82, 2.24) is 0 Å². The molecule has 0 heterocycles. The predicted octanol–water partition coefficient (Wildman–Crippen LogP) is 4.13. The fourth-order valence-corrected chi connectivity index (χ4v) is 1.52. The molecule has 0 saturated carbocycles. The first-order chi connectivity index (χ1) is 6.06. The molecule has 72 valence electrons. The van der Waals surface area contributed by atoms with Crippen LogP contribution in [0.3, 0.4) is 0 Å². The van der Waals surface area contributed by atoms with Crippen LogP contribution in [0, 0.1) is 19.7 Å². The summed E-state index contributed by atoms with van der Waals surface area (Å²) in [5, 5.41) is -0.00185. The number of aryl methyl sites for hydroxylation is 2. The molecule has 1 unspecified atom stereocenters. The summed E-state index contributed by atoms with van der Waals surface area (Å²) in [5.74, 6) is -0.122. The minimum atomic E-state index is -0.122. The van der Waals surface area contributed by atoms with Crippen LogP contribution in [0.1, 0.15) is 35.4 Å². The summed E-state index contributed by atoms with van der Waals surface area (Å²) in [6.45, 7) is 5.56. The lowest BCUT2D eigenvalue weighted by Gasteiger charge is -2.10. The number of rotatable bonds is 2. The Bertz CT molecular complexity index is 284. The lowest BCUT2D eigenvalue weighted by atomic mass is 10.0. The number of alkyl halides is 1.